The van der Waals surface area contributed by atoms with E-state index >= 15 is 0 Å². The Morgan fingerprint density at radius 1 is 1.19 bits per heavy atom. The molecule has 0 fully saturated rings. The van der Waals surface area contributed by atoms with Crippen LogP contribution in [0.25, 0.3) is 0 Å². The smallest absolute Gasteiger partial charge is 0.275 e. The number of hydrogen-bond acceptors (Lipinski definition) is 5. The van der Waals surface area contributed by atoms with Gasteiger partial charge in [0.2, 0.25) is 0 Å². The van der Waals surface area contributed by atoms with Crippen molar-refractivity contribution in [3.05, 3.63) is 68.2 Å². The summed E-state index contributed by atoms with van der Waals surface area (Å²) in [7, 11) is 3.23. The molecule has 2 aromatic carbocycles. The van der Waals surface area contributed by atoms with Crippen LogP contribution in [0.2, 0.25) is 0 Å². The van der Waals surface area contributed by atoms with Crippen molar-refractivity contribution in [2.45, 2.75) is 18.4 Å². The van der Waals surface area contributed by atoms with Gasteiger partial charge < -0.3 is 14.8 Å². The zero-order valence-electron chi connectivity index (χ0n) is 14.9. The molecule has 2 aromatic rings. The highest BCUT2D eigenvalue weighted by atomic mass is 79.9. The summed E-state index contributed by atoms with van der Waals surface area (Å²) in [6, 6.07) is 9.04. The molecule has 1 aliphatic heterocycles. The second kappa shape index (κ2) is 6.88. The van der Waals surface area contributed by atoms with Gasteiger partial charge in [-0.25, -0.2) is 0 Å². The molecule has 0 aromatic heterocycles. The van der Waals surface area contributed by atoms with E-state index < -0.39 is 0 Å². The summed E-state index contributed by atoms with van der Waals surface area (Å²) in [6.07, 6.45) is 5.02. The number of hydrogen-bond donors (Lipinski definition) is 1. The van der Waals surface area contributed by atoms with E-state index in [1.54, 1.807) is 20.3 Å². The molecule has 0 saturated heterocycles. The van der Waals surface area contributed by atoms with Crippen molar-refractivity contribution in [2.75, 3.05) is 19.5 Å². The normalized spacial score (nSPS) is 22.6. The minimum absolute atomic E-state index is 0.0505. The van der Waals surface area contributed by atoms with Gasteiger partial charge in [-0.2, -0.15) is 0 Å². The van der Waals surface area contributed by atoms with Gasteiger partial charge in [0.15, 0.2) is 0 Å². The lowest BCUT2D eigenvalue weighted by Crippen LogP contribution is -2.30. The highest BCUT2D eigenvalue weighted by Gasteiger charge is 2.43. The van der Waals surface area contributed by atoms with Crippen molar-refractivity contribution in [3.8, 4) is 11.5 Å². The number of nitrogens with zero attached hydrogens (tertiary/aromatic N) is 1. The van der Waals surface area contributed by atoms with Crippen LogP contribution in [0.3, 0.4) is 0 Å². The fraction of sp³-hybridized carbons (Fsp3) is 0.300. The van der Waals surface area contributed by atoms with E-state index in [-0.39, 0.29) is 28.5 Å². The Hall–Kier alpha value is -2.54. The molecule has 0 amide bonds. The Labute approximate surface area is 165 Å². The minimum Gasteiger partial charge on any atom is -0.496 e. The number of anilines is 1. The summed E-state index contributed by atoms with van der Waals surface area (Å²) < 4.78 is 12.1. The number of benzene rings is 2. The van der Waals surface area contributed by atoms with Crippen LogP contribution < -0.4 is 14.8 Å². The molecule has 27 heavy (non-hydrogen) atoms. The van der Waals surface area contributed by atoms with Gasteiger partial charge in [0, 0.05) is 22.0 Å². The summed E-state index contributed by atoms with van der Waals surface area (Å²) in [4.78, 5) is 11.3. The third-order valence-corrected chi connectivity index (χ3v) is 5.90. The van der Waals surface area contributed by atoms with Gasteiger partial charge in [-0.15, -0.1) is 0 Å². The first-order valence-electron chi connectivity index (χ1n) is 8.67. The highest BCUT2D eigenvalue weighted by molar-refractivity contribution is 9.10. The zero-order chi connectivity index (χ0) is 19.1. The number of nitrogens with one attached hydrogen (secondary N) is 1. The number of methoxy groups -OCH3 is 2. The predicted molar refractivity (Wildman–Crippen MR) is 107 cm³/mol. The minimum atomic E-state index is -0.316. The Bertz CT molecular complexity index is 944. The number of allylic oxidation sites excluding steroid dienone is 2. The van der Waals surface area contributed by atoms with Crippen LogP contribution in [-0.2, 0) is 0 Å². The summed E-state index contributed by atoms with van der Waals surface area (Å²) in [5, 5.41) is 15.2. The lowest BCUT2D eigenvalue weighted by atomic mass is 9.76. The molecule has 7 heteroatoms. The van der Waals surface area contributed by atoms with E-state index in [2.05, 4.69) is 33.4 Å². The maximum atomic E-state index is 11.6. The van der Waals surface area contributed by atoms with E-state index in [1.165, 1.54) is 6.07 Å². The van der Waals surface area contributed by atoms with Crippen molar-refractivity contribution in [1.82, 2.24) is 0 Å². The zero-order valence-corrected chi connectivity index (χ0v) is 16.5. The predicted octanol–water partition coefficient (Wildman–Crippen LogP) is 5.20. The molecule has 140 valence electrons. The average molecular weight is 431 g/mol. The summed E-state index contributed by atoms with van der Waals surface area (Å²) in [5.74, 6) is 1.50. The van der Waals surface area contributed by atoms with Crippen molar-refractivity contribution in [2.24, 2.45) is 5.92 Å². The van der Waals surface area contributed by atoms with Crippen LogP contribution in [0.1, 0.15) is 29.5 Å². The van der Waals surface area contributed by atoms with Gasteiger partial charge in [0.25, 0.3) is 5.69 Å². The quantitative estimate of drug-likeness (QED) is 0.409. The highest BCUT2D eigenvalue weighted by Crippen LogP contribution is 2.55. The topological polar surface area (TPSA) is 73.6 Å². The van der Waals surface area contributed by atoms with Gasteiger partial charge in [-0.3, -0.25) is 10.1 Å². The van der Waals surface area contributed by atoms with Crippen LogP contribution in [0.4, 0.5) is 11.4 Å². The Kier molecular flexibility index (Phi) is 4.55. The molecule has 0 spiro atoms. The summed E-state index contributed by atoms with van der Waals surface area (Å²) in [6.45, 7) is 0. The van der Waals surface area contributed by atoms with Gasteiger partial charge in [-0.05, 0) is 36.6 Å². The Morgan fingerprint density at radius 2 is 1.93 bits per heavy atom. The maximum absolute atomic E-state index is 11.6. The molecule has 0 bridgehead atoms. The van der Waals surface area contributed by atoms with E-state index in [4.69, 9.17) is 9.47 Å². The lowest BCUT2D eigenvalue weighted by Gasteiger charge is -2.38. The molecule has 0 saturated carbocycles. The summed E-state index contributed by atoms with van der Waals surface area (Å²) >= 11 is 3.54. The lowest BCUT2D eigenvalue weighted by molar-refractivity contribution is -0.385. The molecule has 0 radical (unpaired) electrons. The van der Waals surface area contributed by atoms with Crippen LogP contribution >= 0.6 is 15.9 Å². The van der Waals surface area contributed by atoms with Gasteiger partial charge in [-0.1, -0.05) is 28.1 Å². The standard InChI is InChI=1S/C20H19BrN2O4/c1-26-16-8-6-11(21)10-14(16)19-13-5-3-4-12(13)18-15(23(24)25)7-9-17(27-2)20(18)22-19/h3-4,6-10,12-13,19,22H,5H2,1-2H3/t12-,13+,19-/m1/s1. The first kappa shape index (κ1) is 17.9. The molecule has 6 nitrogen and oxygen atoms in total. The molecule has 1 aliphatic carbocycles. The van der Waals surface area contributed by atoms with Crippen LogP contribution in [0.15, 0.2) is 47.0 Å². The second-order valence-corrected chi connectivity index (χ2v) is 7.61. The van der Waals surface area contributed by atoms with Gasteiger partial charge in [0.1, 0.15) is 11.5 Å². The molecular formula is C20H19BrN2O4. The number of rotatable bonds is 4. The van der Waals surface area contributed by atoms with Gasteiger partial charge in [0.05, 0.1) is 36.4 Å². The fourth-order valence-electron chi connectivity index (χ4n) is 4.25. The number of halogens is 1. The first-order chi connectivity index (χ1) is 13.0. The Morgan fingerprint density at radius 3 is 2.63 bits per heavy atom. The molecule has 3 atom stereocenters. The average Bonchev–Trinajstić information content (AvgIpc) is 3.16. The molecule has 1 N–H and O–H groups in total. The fourth-order valence-corrected chi connectivity index (χ4v) is 4.63. The molecule has 1 heterocycles. The van der Waals surface area contributed by atoms with Crippen molar-refractivity contribution < 1.29 is 14.4 Å². The SMILES string of the molecule is COc1ccc(Br)cc1[C@@H]1Nc2c(OC)ccc([N+](=O)[O-])c2[C@@H]2C=CC[C@@H]21. The second-order valence-electron chi connectivity index (χ2n) is 6.69. The van der Waals surface area contributed by atoms with E-state index in [1.807, 2.05) is 18.2 Å². The van der Waals surface area contributed by atoms with E-state index in [9.17, 15) is 10.1 Å². The molecule has 2 aliphatic rings. The first-order valence-corrected chi connectivity index (χ1v) is 9.46. The number of fused-ring (bicyclic) bond motifs is 3. The monoisotopic (exact) mass is 430 g/mol. The third-order valence-electron chi connectivity index (χ3n) is 5.40. The number of ether oxygens (including phenoxy) is 2. The summed E-state index contributed by atoms with van der Waals surface area (Å²) in [5.41, 5.74) is 2.53. The van der Waals surface area contributed by atoms with E-state index in [0.29, 0.717) is 17.0 Å². The third kappa shape index (κ3) is 2.86. The van der Waals surface area contributed by atoms with Crippen molar-refractivity contribution in [1.29, 1.82) is 0 Å². The van der Waals surface area contributed by atoms with Crippen molar-refractivity contribution in [3.63, 3.8) is 0 Å². The van der Waals surface area contributed by atoms with Gasteiger partial charge >= 0.3 is 0 Å². The largest absolute Gasteiger partial charge is 0.496 e. The molecule has 4 rings (SSSR count). The van der Waals surface area contributed by atoms with Crippen molar-refractivity contribution >= 4 is 27.3 Å². The van der Waals surface area contributed by atoms with Crippen LogP contribution in [-0.4, -0.2) is 19.1 Å². The molecular weight excluding hydrogens is 412 g/mol. The van der Waals surface area contributed by atoms with Crippen LogP contribution in [0, 0.1) is 16.0 Å². The number of nitro benzene ring substituents is 1. The van der Waals surface area contributed by atoms with Crippen LogP contribution in [0.5, 0.6) is 11.5 Å². The maximum Gasteiger partial charge on any atom is 0.275 e. The van der Waals surface area contributed by atoms with E-state index in [0.717, 1.165) is 22.2 Å². The molecule has 0 unspecified atom stereocenters. The number of nitro groups is 1. The Balaban J connectivity index is 1.91.